The second kappa shape index (κ2) is 6.86. The van der Waals surface area contributed by atoms with Crippen molar-refractivity contribution in [3.63, 3.8) is 0 Å². The van der Waals surface area contributed by atoms with Crippen molar-refractivity contribution in [1.29, 1.82) is 0 Å². The Morgan fingerprint density at radius 1 is 1.00 bits per heavy atom. The molecule has 2 saturated heterocycles. The zero-order valence-corrected chi connectivity index (χ0v) is 15.9. The van der Waals surface area contributed by atoms with Crippen LogP contribution in [0.15, 0.2) is 0 Å². The topological polar surface area (TPSA) is 27.7 Å². The minimum atomic E-state index is 0.579. The number of hydrogen-bond donors (Lipinski definition) is 1. The highest BCUT2D eigenvalue weighted by Crippen LogP contribution is 2.51. The summed E-state index contributed by atoms with van der Waals surface area (Å²) >= 11 is 0. The van der Waals surface area contributed by atoms with E-state index in [9.17, 15) is 0 Å². The first kappa shape index (κ1) is 17.3. The van der Waals surface area contributed by atoms with Crippen LogP contribution in [0.25, 0.3) is 0 Å². The van der Waals surface area contributed by atoms with E-state index in [0.29, 0.717) is 16.9 Å². The summed E-state index contributed by atoms with van der Waals surface area (Å²) in [6.07, 6.45) is 11.9. The van der Waals surface area contributed by atoms with E-state index in [1.165, 1.54) is 84.1 Å². The molecule has 4 rings (SSSR count). The summed E-state index contributed by atoms with van der Waals surface area (Å²) in [4.78, 5) is 2.78. The highest BCUT2D eigenvalue weighted by atomic mass is 16.5. The van der Waals surface area contributed by atoms with Crippen LogP contribution in [0.2, 0.25) is 0 Å². The zero-order valence-electron chi connectivity index (χ0n) is 15.9. The lowest BCUT2D eigenvalue weighted by atomic mass is 9.61. The fraction of sp³-hybridized carbons (Fsp3) is 1.00. The summed E-state index contributed by atoms with van der Waals surface area (Å²) in [5, 5.41) is 2.37. The van der Waals surface area contributed by atoms with Gasteiger partial charge in [-0.15, -0.1) is 0 Å². The van der Waals surface area contributed by atoms with Gasteiger partial charge in [0.25, 0.3) is 0 Å². The number of nitrogens with zero attached hydrogens (tertiary/aromatic N) is 2. The van der Waals surface area contributed by atoms with E-state index < -0.39 is 0 Å². The second-order valence-electron chi connectivity index (χ2n) is 9.31. The van der Waals surface area contributed by atoms with Gasteiger partial charge in [-0.3, -0.25) is 5.43 Å². The zero-order chi connectivity index (χ0) is 16.6. The summed E-state index contributed by atoms with van der Waals surface area (Å²) in [7, 11) is 2.06. The van der Waals surface area contributed by atoms with Crippen molar-refractivity contribution in [1.82, 2.24) is 15.3 Å². The minimum Gasteiger partial charge on any atom is -0.378 e. The van der Waals surface area contributed by atoms with E-state index >= 15 is 0 Å². The Morgan fingerprint density at radius 2 is 1.67 bits per heavy atom. The SMILES string of the molecule is CCOC1CC2(CCN(CC3CCC4(CC3)CN(NC)C4)CC2)C1. The van der Waals surface area contributed by atoms with Gasteiger partial charge in [0.1, 0.15) is 0 Å². The molecule has 4 aliphatic rings. The van der Waals surface area contributed by atoms with E-state index in [1.807, 2.05) is 0 Å². The number of piperidine rings is 1. The average molecular weight is 336 g/mol. The number of ether oxygens (including phenoxy) is 1. The van der Waals surface area contributed by atoms with Gasteiger partial charge < -0.3 is 9.64 Å². The number of nitrogens with one attached hydrogen (secondary N) is 1. The molecule has 0 radical (unpaired) electrons. The molecular weight excluding hydrogens is 298 g/mol. The summed E-state index contributed by atoms with van der Waals surface area (Å²) in [5.74, 6) is 0.964. The van der Waals surface area contributed by atoms with Crippen LogP contribution in [0, 0.1) is 16.7 Å². The third kappa shape index (κ3) is 3.40. The van der Waals surface area contributed by atoms with Crippen LogP contribution >= 0.6 is 0 Å². The van der Waals surface area contributed by atoms with Gasteiger partial charge in [-0.05, 0) is 95.2 Å². The van der Waals surface area contributed by atoms with E-state index in [-0.39, 0.29) is 0 Å². The van der Waals surface area contributed by atoms with Crippen LogP contribution in [0.5, 0.6) is 0 Å². The molecule has 24 heavy (non-hydrogen) atoms. The maximum absolute atomic E-state index is 5.78. The Morgan fingerprint density at radius 3 is 2.25 bits per heavy atom. The lowest BCUT2D eigenvalue weighted by Gasteiger charge is -2.54. The van der Waals surface area contributed by atoms with Gasteiger partial charge in [-0.1, -0.05) is 0 Å². The van der Waals surface area contributed by atoms with Gasteiger partial charge in [0.05, 0.1) is 6.10 Å². The van der Waals surface area contributed by atoms with E-state index in [0.717, 1.165) is 12.5 Å². The summed E-state index contributed by atoms with van der Waals surface area (Å²) in [5.41, 5.74) is 4.63. The molecular formula is C20H37N3O. The molecule has 0 aromatic heterocycles. The molecule has 2 heterocycles. The lowest BCUT2D eigenvalue weighted by molar-refractivity contribution is -0.104. The van der Waals surface area contributed by atoms with Crippen LogP contribution in [0.3, 0.4) is 0 Å². The number of likely N-dealkylation sites (tertiary alicyclic amines) is 1. The van der Waals surface area contributed by atoms with E-state index in [1.54, 1.807) is 0 Å². The van der Waals surface area contributed by atoms with E-state index in [2.05, 4.69) is 29.3 Å². The van der Waals surface area contributed by atoms with Crippen LogP contribution in [-0.2, 0) is 4.74 Å². The van der Waals surface area contributed by atoms with Gasteiger partial charge in [0, 0.05) is 26.2 Å². The van der Waals surface area contributed by atoms with Gasteiger partial charge in [0.15, 0.2) is 0 Å². The minimum absolute atomic E-state index is 0.579. The fourth-order valence-electron chi connectivity index (χ4n) is 5.95. The van der Waals surface area contributed by atoms with Crippen molar-refractivity contribution >= 4 is 0 Å². The molecule has 4 nitrogen and oxygen atoms in total. The third-order valence-corrected chi connectivity index (χ3v) is 7.69. The van der Waals surface area contributed by atoms with Gasteiger partial charge >= 0.3 is 0 Å². The molecule has 0 amide bonds. The van der Waals surface area contributed by atoms with Gasteiger partial charge in [-0.25, -0.2) is 5.01 Å². The van der Waals surface area contributed by atoms with Crippen molar-refractivity contribution in [3.8, 4) is 0 Å². The molecule has 138 valence electrons. The molecule has 1 N–H and O–H groups in total. The first-order valence-corrected chi connectivity index (χ1v) is 10.4. The molecule has 0 unspecified atom stereocenters. The highest BCUT2D eigenvalue weighted by molar-refractivity contribution is 4.99. The number of rotatable bonds is 5. The average Bonchev–Trinajstić information content (AvgIpc) is 2.54. The number of hydrogen-bond acceptors (Lipinski definition) is 4. The normalized spacial score (nSPS) is 33.5. The quantitative estimate of drug-likeness (QED) is 0.836. The molecule has 2 aliphatic carbocycles. The van der Waals surface area contributed by atoms with Crippen molar-refractivity contribution in [2.75, 3.05) is 46.4 Å². The molecule has 4 fully saturated rings. The first-order chi connectivity index (χ1) is 11.6. The lowest BCUT2D eigenvalue weighted by Crippen LogP contribution is -2.61. The fourth-order valence-corrected chi connectivity index (χ4v) is 5.95. The van der Waals surface area contributed by atoms with Crippen molar-refractivity contribution in [2.24, 2.45) is 16.7 Å². The molecule has 0 aromatic carbocycles. The van der Waals surface area contributed by atoms with Gasteiger partial charge in [-0.2, -0.15) is 0 Å². The van der Waals surface area contributed by atoms with E-state index in [4.69, 9.17) is 4.74 Å². The second-order valence-corrected chi connectivity index (χ2v) is 9.31. The Balaban J connectivity index is 1.15. The smallest absolute Gasteiger partial charge is 0.0585 e. The predicted molar refractivity (Wildman–Crippen MR) is 97.8 cm³/mol. The largest absolute Gasteiger partial charge is 0.378 e. The van der Waals surface area contributed by atoms with Crippen molar-refractivity contribution < 1.29 is 4.74 Å². The molecule has 4 heteroatoms. The summed E-state index contributed by atoms with van der Waals surface area (Å²) in [6.45, 7) is 9.63. The van der Waals surface area contributed by atoms with Crippen LogP contribution in [0.1, 0.15) is 58.3 Å². The Labute approximate surface area is 148 Å². The van der Waals surface area contributed by atoms with Crippen molar-refractivity contribution in [2.45, 2.75) is 64.4 Å². The molecule has 2 saturated carbocycles. The summed E-state index contributed by atoms with van der Waals surface area (Å²) < 4.78 is 5.78. The molecule has 0 atom stereocenters. The Kier molecular flexibility index (Phi) is 4.94. The van der Waals surface area contributed by atoms with Crippen LogP contribution in [-0.4, -0.2) is 62.4 Å². The van der Waals surface area contributed by atoms with Crippen LogP contribution in [0.4, 0.5) is 0 Å². The maximum Gasteiger partial charge on any atom is 0.0585 e. The molecule has 2 spiro atoms. The maximum atomic E-state index is 5.78. The third-order valence-electron chi connectivity index (χ3n) is 7.69. The number of hydrazine groups is 1. The van der Waals surface area contributed by atoms with Crippen LogP contribution < -0.4 is 5.43 Å². The molecule has 0 bridgehead atoms. The summed E-state index contributed by atoms with van der Waals surface area (Å²) in [6, 6.07) is 0. The van der Waals surface area contributed by atoms with Gasteiger partial charge in [0.2, 0.25) is 0 Å². The van der Waals surface area contributed by atoms with Crippen molar-refractivity contribution in [3.05, 3.63) is 0 Å². The molecule has 0 aromatic rings. The highest BCUT2D eigenvalue weighted by Gasteiger charge is 2.47. The Hall–Kier alpha value is -0.160. The first-order valence-electron chi connectivity index (χ1n) is 10.4. The molecule has 2 aliphatic heterocycles. The Bertz CT molecular complexity index is 409. The standard InChI is InChI=1S/C20H37N3O/c1-3-24-18-12-19(13-18)8-10-22(11-9-19)14-17-4-6-20(7-5-17)15-23(16-20)21-2/h17-18,21H,3-16H2,1-2H3. The predicted octanol–water partition coefficient (Wildman–Crippen LogP) is 2.89. The monoisotopic (exact) mass is 335 g/mol.